The van der Waals surface area contributed by atoms with Gasteiger partial charge in [0, 0.05) is 10.0 Å². The van der Waals surface area contributed by atoms with Crippen LogP contribution in [-0.4, -0.2) is 26.3 Å². The minimum atomic E-state index is -0.300. The molecule has 2 N–H and O–H groups in total. The van der Waals surface area contributed by atoms with Crippen LogP contribution in [0.3, 0.4) is 0 Å². The van der Waals surface area contributed by atoms with E-state index in [2.05, 4.69) is 20.5 Å². The highest BCUT2D eigenvalue weighted by atomic mass is 35.5. The van der Waals surface area contributed by atoms with Gasteiger partial charge in [-0.3, -0.25) is 9.89 Å². The Morgan fingerprint density at radius 1 is 1.38 bits per heavy atom. The number of thioether (sulfide) groups is 1. The third kappa shape index (κ3) is 4.36. The van der Waals surface area contributed by atoms with E-state index in [0.717, 1.165) is 5.56 Å². The predicted octanol–water partition coefficient (Wildman–Crippen LogP) is 3.47. The van der Waals surface area contributed by atoms with Crippen molar-refractivity contribution in [3.05, 3.63) is 40.1 Å². The highest BCUT2D eigenvalue weighted by Gasteiger charge is 2.19. The number of hydrogen-bond donors (Lipinski definition) is 2. The smallest absolute Gasteiger partial charge is 0.233 e. The second-order valence-electron chi connectivity index (χ2n) is 4.45. The lowest BCUT2D eigenvalue weighted by atomic mass is 10.1. The van der Waals surface area contributed by atoms with Crippen LogP contribution in [0, 0.1) is 0 Å². The van der Waals surface area contributed by atoms with E-state index >= 15 is 0 Å². The lowest BCUT2D eigenvalue weighted by Gasteiger charge is -2.18. The SMILES string of the molecule is C[C@@H](Sc1ncn[nH]1)C(=O)N[C@H](C)c1ccc(Cl)cc1Cl. The van der Waals surface area contributed by atoms with Crippen LogP contribution in [0.5, 0.6) is 0 Å². The molecule has 0 saturated heterocycles. The van der Waals surface area contributed by atoms with E-state index in [1.807, 2.05) is 13.0 Å². The zero-order valence-electron chi connectivity index (χ0n) is 11.4. The van der Waals surface area contributed by atoms with Gasteiger partial charge in [0.15, 0.2) is 5.16 Å². The van der Waals surface area contributed by atoms with Crippen LogP contribution in [0.2, 0.25) is 10.0 Å². The van der Waals surface area contributed by atoms with E-state index in [1.165, 1.54) is 18.1 Å². The summed E-state index contributed by atoms with van der Waals surface area (Å²) in [4.78, 5) is 16.1. The Hall–Kier alpha value is -1.24. The van der Waals surface area contributed by atoms with Crippen molar-refractivity contribution >= 4 is 40.9 Å². The molecule has 5 nitrogen and oxygen atoms in total. The van der Waals surface area contributed by atoms with Crippen molar-refractivity contribution < 1.29 is 4.79 Å². The van der Waals surface area contributed by atoms with Gasteiger partial charge in [-0.25, -0.2) is 4.98 Å². The standard InChI is InChI=1S/C13H14Cl2N4OS/c1-7(10-4-3-9(14)5-11(10)15)18-12(20)8(2)21-13-16-6-17-19-13/h3-8H,1-2H3,(H,18,20)(H,16,17,19)/t7-,8-/m1/s1. The first-order valence-corrected chi connectivity index (χ1v) is 7.88. The molecule has 0 unspecified atom stereocenters. The molecule has 1 aromatic carbocycles. The number of aromatic nitrogens is 3. The molecule has 0 aliphatic carbocycles. The molecule has 0 bridgehead atoms. The number of carbonyl (C=O) groups excluding carboxylic acids is 1. The molecule has 0 aliphatic rings. The van der Waals surface area contributed by atoms with Gasteiger partial charge in [0.05, 0.1) is 11.3 Å². The van der Waals surface area contributed by atoms with Crippen molar-refractivity contribution in [2.45, 2.75) is 30.3 Å². The minimum absolute atomic E-state index is 0.102. The zero-order valence-corrected chi connectivity index (χ0v) is 13.8. The molecule has 8 heteroatoms. The van der Waals surface area contributed by atoms with E-state index in [9.17, 15) is 4.79 Å². The Labute approximate surface area is 136 Å². The lowest BCUT2D eigenvalue weighted by Crippen LogP contribution is -2.33. The maximum absolute atomic E-state index is 12.2. The number of amides is 1. The number of nitrogens with one attached hydrogen (secondary N) is 2. The maximum Gasteiger partial charge on any atom is 0.233 e. The fourth-order valence-corrected chi connectivity index (χ4v) is 3.03. The van der Waals surface area contributed by atoms with Crippen LogP contribution in [0.15, 0.2) is 29.7 Å². The summed E-state index contributed by atoms with van der Waals surface area (Å²) in [6.45, 7) is 3.68. The monoisotopic (exact) mass is 344 g/mol. The number of H-pyrrole nitrogens is 1. The molecule has 2 aromatic rings. The number of halogens is 2. The van der Waals surface area contributed by atoms with Crippen LogP contribution in [0.1, 0.15) is 25.5 Å². The van der Waals surface area contributed by atoms with Gasteiger partial charge in [0.25, 0.3) is 0 Å². The van der Waals surface area contributed by atoms with Gasteiger partial charge in [0.1, 0.15) is 6.33 Å². The Balaban J connectivity index is 1.98. The summed E-state index contributed by atoms with van der Waals surface area (Å²) in [6, 6.07) is 5.01. The van der Waals surface area contributed by atoms with Crippen LogP contribution in [-0.2, 0) is 4.79 Å². The summed E-state index contributed by atoms with van der Waals surface area (Å²) in [7, 11) is 0. The van der Waals surface area contributed by atoms with Crippen molar-refractivity contribution in [3.63, 3.8) is 0 Å². The summed E-state index contributed by atoms with van der Waals surface area (Å²) in [6.07, 6.45) is 1.41. The average Bonchev–Trinajstić information content (AvgIpc) is 2.91. The molecular formula is C13H14Cl2N4OS. The molecule has 2 atom stereocenters. The molecule has 0 spiro atoms. The molecule has 0 fully saturated rings. The van der Waals surface area contributed by atoms with E-state index in [0.29, 0.717) is 15.2 Å². The second kappa shape index (κ2) is 7.15. The Bertz CT molecular complexity index is 621. The predicted molar refractivity (Wildman–Crippen MR) is 84.7 cm³/mol. The number of benzene rings is 1. The zero-order chi connectivity index (χ0) is 15.4. The summed E-state index contributed by atoms with van der Waals surface area (Å²) in [5.74, 6) is -0.102. The van der Waals surface area contributed by atoms with Gasteiger partial charge >= 0.3 is 0 Å². The molecule has 0 aliphatic heterocycles. The van der Waals surface area contributed by atoms with Gasteiger partial charge in [-0.15, -0.1) is 0 Å². The summed E-state index contributed by atoms with van der Waals surface area (Å²) in [5.41, 5.74) is 0.825. The topological polar surface area (TPSA) is 70.7 Å². The van der Waals surface area contributed by atoms with E-state index in [4.69, 9.17) is 23.2 Å². The minimum Gasteiger partial charge on any atom is -0.349 e. The molecule has 0 radical (unpaired) electrons. The lowest BCUT2D eigenvalue weighted by molar-refractivity contribution is -0.120. The van der Waals surface area contributed by atoms with Crippen LogP contribution in [0.4, 0.5) is 0 Å². The highest BCUT2D eigenvalue weighted by Crippen LogP contribution is 2.27. The van der Waals surface area contributed by atoms with Crippen molar-refractivity contribution in [3.8, 4) is 0 Å². The van der Waals surface area contributed by atoms with Crippen molar-refractivity contribution in [1.82, 2.24) is 20.5 Å². The number of hydrogen-bond acceptors (Lipinski definition) is 4. The fraction of sp³-hybridized carbons (Fsp3) is 0.308. The highest BCUT2D eigenvalue weighted by molar-refractivity contribution is 8.00. The third-order valence-electron chi connectivity index (χ3n) is 2.84. The Morgan fingerprint density at radius 3 is 2.76 bits per heavy atom. The molecule has 21 heavy (non-hydrogen) atoms. The molecule has 1 amide bonds. The molecular weight excluding hydrogens is 331 g/mol. The van der Waals surface area contributed by atoms with Gasteiger partial charge in [-0.2, -0.15) is 5.10 Å². The molecule has 1 aromatic heterocycles. The third-order valence-corrected chi connectivity index (χ3v) is 4.39. The van der Waals surface area contributed by atoms with Crippen LogP contribution < -0.4 is 5.32 Å². The first kappa shape index (κ1) is 16.1. The molecule has 112 valence electrons. The van der Waals surface area contributed by atoms with Crippen LogP contribution in [0.25, 0.3) is 0 Å². The van der Waals surface area contributed by atoms with E-state index < -0.39 is 0 Å². The normalized spacial score (nSPS) is 13.7. The second-order valence-corrected chi connectivity index (χ2v) is 6.62. The summed E-state index contributed by atoms with van der Waals surface area (Å²) < 4.78 is 0. The maximum atomic E-state index is 12.2. The van der Waals surface area contributed by atoms with E-state index in [-0.39, 0.29) is 17.2 Å². The van der Waals surface area contributed by atoms with Gasteiger partial charge in [-0.05, 0) is 31.5 Å². The van der Waals surface area contributed by atoms with Crippen molar-refractivity contribution in [1.29, 1.82) is 0 Å². The van der Waals surface area contributed by atoms with Crippen molar-refractivity contribution in [2.75, 3.05) is 0 Å². The Morgan fingerprint density at radius 2 is 2.14 bits per heavy atom. The first-order chi connectivity index (χ1) is 9.97. The number of nitrogens with zero attached hydrogens (tertiary/aromatic N) is 2. The van der Waals surface area contributed by atoms with Gasteiger partial charge < -0.3 is 5.32 Å². The van der Waals surface area contributed by atoms with Crippen LogP contribution >= 0.6 is 35.0 Å². The quantitative estimate of drug-likeness (QED) is 0.814. The average molecular weight is 345 g/mol. The fourth-order valence-electron chi connectivity index (χ4n) is 1.73. The molecule has 0 saturated carbocycles. The number of rotatable bonds is 5. The Kier molecular flexibility index (Phi) is 5.50. The van der Waals surface area contributed by atoms with Crippen molar-refractivity contribution in [2.24, 2.45) is 0 Å². The summed E-state index contributed by atoms with van der Waals surface area (Å²) in [5, 5.41) is 10.8. The number of aromatic amines is 1. The number of carbonyl (C=O) groups is 1. The largest absolute Gasteiger partial charge is 0.349 e. The summed E-state index contributed by atoms with van der Waals surface area (Å²) >= 11 is 13.3. The van der Waals surface area contributed by atoms with Gasteiger partial charge in [0.2, 0.25) is 5.91 Å². The molecule has 2 rings (SSSR count). The molecule has 1 heterocycles. The first-order valence-electron chi connectivity index (χ1n) is 6.24. The van der Waals surface area contributed by atoms with Gasteiger partial charge in [-0.1, -0.05) is 41.0 Å². The van der Waals surface area contributed by atoms with E-state index in [1.54, 1.807) is 19.1 Å².